The molecule has 0 aromatic carbocycles. The largest absolute Gasteiger partial charge is 0.374 e. The minimum absolute atomic E-state index is 0.200. The molecule has 1 fully saturated rings. The van der Waals surface area contributed by atoms with Crippen molar-refractivity contribution in [1.82, 2.24) is 15.1 Å². The Hall–Kier alpha value is -1.17. The molecule has 1 saturated heterocycles. The minimum atomic E-state index is 0.200. The number of hydrogen-bond acceptors (Lipinski definition) is 5. The maximum absolute atomic E-state index is 11.4. The first-order valence-corrected chi connectivity index (χ1v) is 5.32. The average molecular weight is 212 g/mol. The molecule has 76 valence electrons. The van der Waals surface area contributed by atoms with Crippen LogP contribution < -0.4 is 5.73 Å². The summed E-state index contributed by atoms with van der Waals surface area (Å²) in [4.78, 5) is 13.3. The molecular formula is C8H12N4OS. The number of nitrogen functional groups attached to an aromatic ring is 1. The van der Waals surface area contributed by atoms with E-state index in [1.807, 2.05) is 4.90 Å². The van der Waals surface area contributed by atoms with Gasteiger partial charge in [0.2, 0.25) is 11.0 Å². The number of amides is 1. The quantitative estimate of drug-likeness (QED) is 0.774. The average Bonchev–Trinajstić information content (AvgIpc) is 2.61. The molecule has 1 atom stereocenters. The van der Waals surface area contributed by atoms with Gasteiger partial charge in [-0.2, -0.15) is 0 Å². The van der Waals surface area contributed by atoms with Crippen molar-refractivity contribution in [3.63, 3.8) is 0 Å². The number of carbonyl (C=O) groups excluding carboxylic acids is 1. The van der Waals surface area contributed by atoms with Crippen molar-refractivity contribution in [2.45, 2.75) is 19.9 Å². The Morgan fingerprint density at radius 2 is 2.43 bits per heavy atom. The van der Waals surface area contributed by atoms with Crippen LogP contribution >= 0.6 is 11.3 Å². The van der Waals surface area contributed by atoms with Crippen LogP contribution in [0.3, 0.4) is 0 Å². The van der Waals surface area contributed by atoms with Gasteiger partial charge in [-0.25, -0.2) is 0 Å². The van der Waals surface area contributed by atoms with E-state index in [9.17, 15) is 4.79 Å². The molecular weight excluding hydrogens is 200 g/mol. The zero-order valence-electron chi connectivity index (χ0n) is 7.93. The SMILES string of the molecule is CC1CC(=O)N(Cc2nnc(N)s2)C1. The molecule has 14 heavy (non-hydrogen) atoms. The highest BCUT2D eigenvalue weighted by Crippen LogP contribution is 2.21. The molecule has 0 aliphatic carbocycles. The van der Waals surface area contributed by atoms with E-state index < -0.39 is 0 Å². The topological polar surface area (TPSA) is 72.1 Å². The Balaban J connectivity index is 2.01. The van der Waals surface area contributed by atoms with E-state index in [1.54, 1.807) is 0 Å². The van der Waals surface area contributed by atoms with Crippen LogP contribution in [0.4, 0.5) is 5.13 Å². The van der Waals surface area contributed by atoms with Crippen molar-refractivity contribution < 1.29 is 4.79 Å². The van der Waals surface area contributed by atoms with Crippen molar-refractivity contribution in [3.8, 4) is 0 Å². The molecule has 1 aromatic rings. The van der Waals surface area contributed by atoms with Crippen LogP contribution in [0, 0.1) is 5.92 Å². The first-order chi connectivity index (χ1) is 6.65. The molecule has 2 heterocycles. The normalized spacial score (nSPS) is 21.9. The fourth-order valence-corrected chi connectivity index (χ4v) is 2.24. The van der Waals surface area contributed by atoms with E-state index in [4.69, 9.17) is 5.73 Å². The van der Waals surface area contributed by atoms with Gasteiger partial charge < -0.3 is 10.6 Å². The summed E-state index contributed by atoms with van der Waals surface area (Å²) in [6, 6.07) is 0. The van der Waals surface area contributed by atoms with E-state index in [-0.39, 0.29) is 5.91 Å². The highest BCUT2D eigenvalue weighted by molar-refractivity contribution is 7.15. The van der Waals surface area contributed by atoms with Crippen molar-refractivity contribution in [2.75, 3.05) is 12.3 Å². The van der Waals surface area contributed by atoms with E-state index >= 15 is 0 Å². The Labute approximate surface area is 85.9 Å². The zero-order valence-corrected chi connectivity index (χ0v) is 8.75. The maximum atomic E-state index is 11.4. The van der Waals surface area contributed by atoms with Crippen LogP contribution in [0.25, 0.3) is 0 Å². The predicted octanol–water partition coefficient (Wildman–Crippen LogP) is 0.489. The number of likely N-dealkylation sites (tertiary alicyclic amines) is 1. The van der Waals surface area contributed by atoms with Crippen molar-refractivity contribution in [2.24, 2.45) is 5.92 Å². The van der Waals surface area contributed by atoms with Gasteiger partial charge in [-0.3, -0.25) is 4.79 Å². The Morgan fingerprint density at radius 3 is 2.93 bits per heavy atom. The highest BCUT2D eigenvalue weighted by Gasteiger charge is 2.26. The van der Waals surface area contributed by atoms with E-state index in [2.05, 4.69) is 17.1 Å². The van der Waals surface area contributed by atoms with E-state index in [0.29, 0.717) is 24.0 Å². The lowest BCUT2D eigenvalue weighted by Crippen LogP contribution is -2.24. The molecule has 0 spiro atoms. The first kappa shape index (κ1) is 9.39. The fraction of sp³-hybridized carbons (Fsp3) is 0.625. The summed E-state index contributed by atoms with van der Waals surface area (Å²) in [5.41, 5.74) is 5.46. The maximum Gasteiger partial charge on any atom is 0.223 e. The molecule has 2 rings (SSSR count). The number of hydrogen-bond donors (Lipinski definition) is 1. The van der Waals surface area contributed by atoms with Crippen LogP contribution in [-0.4, -0.2) is 27.5 Å². The third-order valence-electron chi connectivity index (χ3n) is 2.22. The van der Waals surface area contributed by atoms with Crippen LogP contribution in [-0.2, 0) is 11.3 Å². The number of nitrogens with zero attached hydrogens (tertiary/aromatic N) is 3. The van der Waals surface area contributed by atoms with Gasteiger partial charge in [0, 0.05) is 13.0 Å². The van der Waals surface area contributed by atoms with Gasteiger partial charge in [-0.1, -0.05) is 18.3 Å². The van der Waals surface area contributed by atoms with Gasteiger partial charge in [0.15, 0.2) is 0 Å². The number of nitrogens with two attached hydrogens (primary N) is 1. The van der Waals surface area contributed by atoms with Crippen molar-refractivity contribution in [3.05, 3.63) is 5.01 Å². The van der Waals surface area contributed by atoms with Gasteiger partial charge in [0.1, 0.15) is 5.01 Å². The molecule has 1 aromatic heterocycles. The second kappa shape index (κ2) is 3.53. The zero-order chi connectivity index (χ0) is 10.1. The summed E-state index contributed by atoms with van der Waals surface area (Å²) in [5.74, 6) is 0.652. The van der Waals surface area contributed by atoms with Crippen molar-refractivity contribution >= 4 is 22.4 Å². The van der Waals surface area contributed by atoms with Crippen molar-refractivity contribution in [1.29, 1.82) is 0 Å². The molecule has 1 aliphatic rings. The highest BCUT2D eigenvalue weighted by atomic mass is 32.1. The lowest BCUT2D eigenvalue weighted by atomic mass is 10.2. The van der Waals surface area contributed by atoms with E-state index in [1.165, 1.54) is 11.3 Å². The lowest BCUT2D eigenvalue weighted by Gasteiger charge is -2.12. The monoisotopic (exact) mass is 212 g/mol. The molecule has 0 saturated carbocycles. The van der Waals surface area contributed by atoms with Gasteiger partial charge >= 0.3 is 0 Å². The second-order valence-electron chi connectivity index (χ2n) is 3.62. The third kappa shape index (κ3) is 1.84. The first-order valence-electron chi connectivity index (χ1n) is 4.51. The second-order valence-corrected chi connectivity index (χ2v) is 4.71. The molecule has 0 bridgehead atoms. The number of anilines is 1. The summed E-state index contributed by atoms with van der Waals surface area (Å²) >= 11 is 1.34. The van der Waals surface area contributed by atoms with Crippen LogP contribution in [0.1, 0.15) is 18.4 Å². The van der Waals surface area contributed by atoms with E-state index in [0.717, 1.165) is 11.6 Å². The smallest absolute Gasteiger partial charge is 0.223 e. The Bertz CT molecular complexity index is 351. The summed E-state index contributed by atoms with van der Waals surface area (Å²) < 4.78 is 0. The summed E-state index contributed by atoms with van der Waals surface area (Å²) in [7, 11) is 0. The standard InChI is InChI=1S/C8H12N4OS/c1-5-2-7(13)12(3-5)4-6-10-11-8(9)14-6/h5H,2-4H2,1H3,(H2,9,11). The lowest BCUT2D eigenvalue weighted by molar-refractivity contribution is -0.128. The molecule has 1 unspecified atom stereocenters. The third-order valence-corrected chi connectivity index (χ3v) is 2.95. The molecule has 1 aliphatic heterocycles. The molecule has 5 nitrogen and oxygen atoms in total. The molecule has 1 amide bonds. The van der Waals surface area contributed by atoms with Gasteiger partial charge in [0.25, 0.3) is 0 Å². The van der Waals surface area contributed by atoms with Gasteiger partial charge in [0.05, 0.1) is 6.54 Å². The number of aromatic nitrogens is 2. The molecule has 0 radical (unpaired) electrons. The fourth-order valence-electron chi connectivity index (χ4n) is 1.62. The Kier molecular flexibility index (Phi) is 2.37. The Morgan fingerprint density at radius 1 is 1.64 bits per heavy atom. The molecule has 2 N–H and O–H groups in total. The van der Waals surface area contributed by atoms with Crippen LogP contribution in [0.2, 0.25) is 0 Å². The summed E-state index contributed by atoms with van der Waals surface area (Å²) in [6.45, 7) is 3.45. The van der Waals surface area contributed by atoms with Gasteiger partial charge in [-0.15, -0.1) is 10.2 Å². The predicted molar refractivity (Wildman–Crippen MR) is 53.5 cm³/mol. The van der Waals surface area contributed by atoms with Crippen LogP contribution in [0.15, 0.2) is 0 Å². The summed E-state index contributed by atoms with van der Waals surface area (Å²) in [5, 5.41) is 8.87. The number of rotatable bonds is 2. The van der Waals surface area contributed by atoms with Crippen LogP contribution in [0.5, 0.6) is 0 Å². The summed E-state index contributed by atoms with van der Waals surface area (Å²) in [6.07, 6.45) is 0.647. The molecule has 6 heteroatoms. The minimum Gasteiger partial charge on any atom is -0.374 e. The number of carbonyl (C=O) groups is 1. The van der Waals surface area contributed by atoms with Gasteiger partial charge in [-0.05, 0) is 5.92 Å².